The van der Waals surface area contributed by atoms with Gasteiger partial charge in [0.25, 0.3) is 0 Å². The molecule has 1 saturated carbocycles. The van der Waals surface area contributed by atoms with Crippen molar-refractivity contribution in [2.75, 3.05) is 25.0 Å². The molecule has 2 N–H and O–H groups in total. The van der Waals surface area contributed by atoms with E-state index in [1.54, 1.807) is 17.9 Å². The number of rotatable bonds is 4. The maximum Gasteiger partial charge on any atom is 0.248 e. The Labute approximate surface area is 146 Å². The monoisotopic (exact) mass is 371 g/mol. The molecule has 2 fully saturated rings. The Morgan fingerprint density at radius 1 is 1.46 bits per heavy atom. The van der Waals surface area contributed by atoms with Crippen LogP contribution in [0.15, 0.2) is 6.20 Å². The molecule has 2 aliphatic rings. The summed E-state index contributed by atoms with van der Waals surface area (Å²) in [5, 5.41) is 5.33. The Balaban J connectivity index is 1.49. The molecule has 1 unspecified atom stereocenters. The lowest BCUT2D eigenvalue weighted by molar-refractivity contribution is 0.000298. The van der Waals surface area contributed by atoms with Crippen molar-refractivity contribution in [3.8, 4) is 0 Å². The van der Waals surface area contributed by atoms with Crippen LogP contribution < -0.4 is 10.3 Å². The van der Waals surface area contributed by atoms with Crippen LogP contribution in [0.4, 0.5) is 5.82 Å². The number of aromatic nitrogens is 4. The molecule has 11 heteroatoms. The van der Waals surface area contributed by atoms with E-state index in [9.17, 15) is 8.76 Å². The number of nitrogens with one attached hydrogen (secondary N) is 1. The molecular weight excluding hydrogens is 354 g/mol. The summed E-state index contributed by atoms with van der Waals surface area (Å²) in [7, 11) is 3.49. The first-order chi connectivity index (χ1) is 11.4. The zero-order valence-electron chi connectivity index (χ0n) is 13.3. The zero-order chi connectivity index (χ0) is 17.1. The van der Waals surface area contributed by atoms with Crippen molar-refractivity contribution < 1.29 is 8.76 Å². The Hall–Kier alpha value is -1.33. The van der Waals surface area contributed by atoms with Crippen molar-refractivity contribution >= 4 is 39.7 Å². The third-order valence-corrected chi connectivity index (χ3v) is 5.94. The van der Waals surface area contributed by atoms with Crippen LogP contribution in [-0.4, -0.2) is 59.1 Å². The highest BCUT2D eigenvalue weighted by atomic mass is 35.5. The summed E-state index contributed by atoms with van der Waals surface area (Å²) in [6.45, 7) is 1.72. The molecule has 24 heavy (non-hydrogen) atoms. The van der Waals surface area contributed by atoms with E-state index in [1.807, 2.05) is 7.05 Å². The van der Waals surface area contributed by atoms with Crippen LogP contribution in [-0.2, 0) is 18.3 Å². The highest BCUT2D eigenvalue weighted by Crippen LogP contribution is 2.51. The second-order valence-electron chi connectivity index (χ2n) is 6.52. The minimum Gasteiger partial charge on any atom is -0.355 e. The number of hydrogen-bond donors (Lipinski definition) is 2. The van der Waals surface area contributed by atoms with Crippen LogP contribution in [0.25, 0.3) is 11.0 Å². The number of fused-ring (bicyclic) bond motifs is 1. The molecule has 1 aliphatic heterocycles. The van der Waals surface area contributed by atoms with Gasteiger partial charge in [-0.05, 0) is 31.5 Å². The van der Waals surface area contributed by atoms with Crippen LogP contribution in [0.1, 0.15) is 12.8 Å². The summed E-state index contributed by atoms with van der Waals surface area (Å²) in [4.78, 5) is 10.8. The molecule has 1 saturated heterocycles. The third kappa shape index (κ3) is 2.40. The van der Waals surface area contributed by atoms with Crippen molar-refractivity contribution in [3.05, 3.63) is 11.5 Å². The number of hydrogen-bond acceptors (Lipinski definition) is 6. The first-order valence-electron chi connectivity index (χ1n) is 7.60. The van der Waals surface area contributed by atoms with Crippen molar-refractivity contribution in [1.82, 2.24) is 29.6 Å². The largest absolute Gasteiger partial charge is 0.355 e. The summed E-state index contributed by atoms with van der Waals surface area (Å²) in [6, 6.07) is 0.0791. The van der Waals surface area contributed by atoms with Gasteiger partial charge in [-0.3, -0.25) is 9.23 Å². The summed E-state index contributed by atoms with van der Waals surface area (Å²) in [5.41, 5.74) is 3.69. The van der Waals surface area contributed by atoms with E-state index in [0.29, 0.717) is 0 Å². The quantitative estimate of drug-likeness (QED) is 0.460. The molecular formula is C13H18ClN7O2S. The summed E-state index contributed by atoms with van der Waals surface area (Å²) in [6.07, 6.45) is 3.52. The fourth-order valence-electron chi connectivity index (χ4n) is 3.89. The number of hydrazine groups is 1. The van der Waals surface area contributed by atoms with Crippen molar-refractivity contribution in [1.29, 1.82) is 0 Å². The molecule has 0 radical (unpaired) electrons. The molecule has 2 aromatic heterocycles. The van der Waals surface area contributed by atoms with Gasteiger partial charge in [0.1, 0.15) is 5.82 Å². The molecule has 4 rings (SSSR count). The van der Waals surface area contributed by atoms with Gasteiger partial charge in [0.2, 0.25) is 16.6 Å². The first-order valence-corrected chi connectivity index (χ1v) is 9.04. The van der Waals surface area contributed by atoms with Gasteiger partial charge in [0.15, 0.2) is 5.65 Å². The topological polar surface area (TPSA) is 99.4 Å². The third-order valence-electron chi connectivity index (χ3n) is 4.95. The Kier molecular flexibility index (Phi) is 3.77. The first kappa shape index (κ1) is 16.2. The van der Waals surface area contributed by atoms with Gasteiger partial charge in [-0.1, -0.05) is 0 Å². The number of nitrogens with zero attached hydrogens (tertiary/aromatic N) is 6. The second kappa shape index (κ2) is 5.60. The van der Waals surface area contributed by atoms with Gasteiger partial charge in [-0.2, -0.15) is 15.1 Å². The summed E-state index contributed by atoms with van der Waals surface area (Å²) < 4.78 is 23.6. The molecule has 9 nitrogen and oxygen atoms in total. The smallest absolute Gasteiger partial charge is 0.248 e. The number of anilines is 1. The van der Waals surface area contributed by atoms with E-state index in [1.165, 1.54) is 4.41 Å². The minimum absolute atomic E-state index is 0.0791. The molecule has 1 aliphatic carbocycles. The second-order valence-corrected chi connectivity index (χ2v) is 7.71. The fourth-order valence-corrected chi connectivity index (χ4v) is 4.61. The van der Waals surface area contributed by atoms with Gasteiger partial charge in [0.05, 0.1) is 11.6 Å². The van der Waals surface area contributed by atoms with E-state index in [-0.39, 0.29) is 16.7 Å². The SMILES string of the molecule is CNN(C1CC2(C1)CN(c1nc(Cl)nc3c1cnn3C)C2)S(=O)O. The Morgan fingerprint density at radius 2 is 2.17 bits per heavy atom. The standard InChI is InChI=1S/C13H18ClN7O2S/c1-15-21(24(22)23)8-3-13(4-8)6-20(7-13)11-9-5-16-19(2)10(9)17-12(14)18-11/h5,8,15H,3-4,6-7H2,1-2H3,(H,22,23). The van der Waals surface area contributed by atoms with Crippen molar-refractivity contribution in [3.63, 3.8) is 0 Å². The van der Waals surface area contributed by atoms with Crippen LogP contribution in [0, 0.1) is 5.41 Å². The lowest BCUT2D eigenvalue weighted by atomic mass is 9.61. The predicted molar refractivity (Wildman–Crippen MR) is 90.7 cm³/mol. The van der Waals surface area contributed by atoms with Gasteiger partial charge >= 0.3 is 0 Å². The highest BCUT2D eigenvalue weighted by Gasteiger charge is 2.55. The average molecular weight is 372 g/mol. The predicted octanol–water partition coefficient (Wildman–Crippen LogP) is 0.559. The molecule has 0 amide bonds. The summed E-state index contributed by atoms with van der Waals surface area (Å²) in [5.74, 6) is 0.809. The molecule has 2 aromatic rings. The average Bonchev–Trinajstić information content (AvgIpc) is 2.80. The maximum absolute atomic E-state index is 11.3. The van der Waals surface area contributed by atoms with E-state index in [4.69, 9.17) is 11.6 Å². The molecule has 0 aromatic carbocycles. The molecule has 3 heterocycles. The normalized spacial score (nSPS) is 21.3. The van der Waals surface area contributed by atoms with E-state index in [0.717, 1.165) is 42.8 Å². The molecule has 1 atom stereocenters. The van der Waals surface area contributed by atoms with E-state index < -0.39 is 11.3 Å². The van der Waals surface area contributed by atoms with Crippen molar-refractivity contribution in [2.24, 2.45) is 12.5 Å². The van der Waals surface area contributed by atoms with E-state index >= 15 is 0 Å². The van der Waals surface area contributed by atoms with Crippen LogP contribution in [0.5, 0.6) is 0 Å². The lowest BCUT2D eigenvalue weighted by Crippen LogP contribution is -2.68. The lowest BCUT2D eigenvalue weighted by Gasteiger charge is -2.60. The number of halogens is 1. The molecule has 0 bridgehead atoms. The zero-order valence-corrected chi connectivity index (χ0v) is 14.9. The minimum atomic E-state index is -2.00. The van der Waals surface area contributed by atoms with Gasteiger partial charge in [0, 0.05) is 31.6 Å². The Bertz CT molecular complexity index is 814. The maximum atomic E-state index is 11.3. The van der Waals surface area contributed by atoms with Gasteiger partial charge in [-0.15, -0.1) is 4.41 Å². The molecule has 1 spiro atoms. The van der Waals surface area contributed by atoms with Crippen LogP contribution >= 0.6 is 11.6 Å². The van der Waals surface area contributed by atoms with Crippen LogP contribution in [0.3, 0.4) is 0 Å². The summed E-state index contributed by atoms with van der Waals surface area (Å²) >= 11 is 4.05. The van der Waals surface area contributed by atoms with Crippen molar-refractivity contribution in [2.45, 2.75) is 18.9 Å². The number of aryl methyl sites for hydroxylation is 1. The van der Waals surface area contributed by atoms with E-state index in [2.05, 4.69) is 25.4 Å². The fraction of sp³-hybridized carbons (Fsp3) is 0.615. The van der Waals surface area contributed by atoms with Crippen LogP contribution in [0.2, 0.25) is 5.28 Å². The molecule has 130 valence electrons. The highest BCUT2D eigenvalue weighted by molar-refractivity contribution is 7.76. The van der Waals surface area contributed by atoms with Gasteiger partial charge in [-0.25, -0.2) is 9.63 Å². The van der Waals surface area contributed by atoms with Gasteiger partial charge < -0.3 is 4.90 Å². The Morgan fingerprint density at radius 3 is 2.79 bits per heavy atom.